The van der Waals surface area contributed by atoms with Gasteiger partial charge in [0.15, 0.2) is 0 Å². The van der Waals surface area contributed by atoms with Crippen LogP contribution in [0.5, 0.6) is 0 Å². The number of amides is 3. The third-order valence-electron chi connectivity index (χ3n) is 5.46. The Balaban J connectivity index is 1.58. The predicted molar refractivity (Wildman–Crippen MR) is 126 cm³/mol. The molecule has 2 aromatic carbocycles. The zero-order valence-electron chi connectivity index (χ0n) is 18.1. The van der Waals surface area contributed by atoms with Crippen LogP contribution in [-0.4, -0.2) is 32.9 Å². The van der Waals surface area contributed by atoms with Crippen molar-refractivity contribution in [3.63, 3.8) is 0 Å². The Hall–Kier alpha value is -3.04. The number of rotatable bonds is 5. The van der Waals surface area contributed by atoms with Crippen LogP contribution < -0.4 is 4.90 Å². The van der Waals surface area contributed by atoms with Crippen molar-refractivity contribution in [3.05, 3.63) is 77.4 Å². The van der Waals surface area contributed by atoms with Crippen molar-refractivity contribution in [1.82, 2.24) is 9.88 Å². The number of alkyl halides is 3. The van der Waals surface area contributed by atoms with Crippen LogP contribution in [0.3, 0.4) is 0 Å². The smallest absolute Gasteiger partial charge is 0.305 e. The van der Waals surface area contributed by atoms with Crippen LogP contribution in [-0.2, 0) is 11.3 Å². The molecule has 0 unspecified atom stereocenters. The van der Waals surface area contributed by atoms with E-state index >= 15 is 0 Å². The molecule has 0 radical (unpaired) electrons. The molecule has 10 heteroatoms. The Kier molecular flexibility index (Phi) is 6.35. The van der Waals surface area contributed by atoms with E-state index in [9.17, 15) is 22.8 Å². The molecule has 0 spiro atoms. The fourth-order valence-electron chi connectivity index (χ4n) is 3.66. The number of carbonyl (C=O) groups excluding carboxylic acids is 2. The Bertz CT molecular complexity index is 1230. The first kappa shape index (κ1) is 24.1. The Morgan fingerprint density at radius 3 is 2.26 bits per heavy atom. The van der Waals surface area contributed by atoms with Gasteiger partial charge < -0.3 is 4.90 Å². The first-order chi connectivity index (χ1) is 16.0. The van der Waals surface area contributed by atoms with Crippen molar-refractivity contribution < 1.29 is 22.8 Å². The molecular formula is C24H19ClF3N3O2S. The van der Waals surface area contributed by atoms with Gasteiger partial charge in [0.1, 0.15) is 5.54 Å². The van der Waals surface area contributed by atoms with Crippen molar-refractivity contribution in [2.45, 2.75) is 36.3 Å². The van der Waals surface area contributed by atoms with Gasteiger partial charge in [-0.1, -0.05) is 23.7 Å². The molecule has 1 aromatic heterocycles. The summed E-state index contributed by atoms with van der Waals surface area (Å²) in [4.78, 5) is 33.2. The largest absolute Gasteiger partial charge is 0.446 e. The minimum Gasteiger partial charge on any atom is -0.305 e. The number of benzene rings is 2. The highest BCUT2D eigenvalue weighted by Gasteiger charge is 2.51. The van der Waals surface area contributed by atoms with E-state index in [4.69, 9.17) is 11.6 Å². The number of halogens is 4. The van der Waals surface area contributed by atoms with E-state index in [1.165, 1.54) is 29.2 Å². The Morgan fingerprint density at radius 1 is 1.00 bits per heavy atom. The fourth-order valence-corrected chi connectivity index (χ4v) is 4.32. The first-order valence-corrected chi connectivity index (χ1v) is 11.4. The number of anilines is 1. The second kappa shape index (κ2) is 8.96. The molecule has 3 amide bonds. The molecule has 0 saturated carbocycles. The number of thioether (sulfide) groups is 1. The van der Waals surface area contributed by atoms with E-state index in [0.29, 0.717) is 10.7 Å². The summed E-state index contributed by atoms with van der Waals surface area (Å²) < 4.78 is 37.8. The van der Waals surface area contributed by atoms with Gasteiger partial charge in [-0.25, -0.2) is 9.69 Å². The molecule has 1 saturated heterocycles. The van der Waals surface area contributed by atoms with Crippen LogP contribution in [0.25, 0.3) is 11.3 Å². The van der Waals surface area contributed by atoms with Gasteiger partial charge in [-0.15, -0.1) is 0 Å². The summed E-state index contributed by atoms with van der Waals surface area (Å²) in [6.45, 7) is 3.43. The van der Waals surface area contributed by atoms with Crippen molar-refractivity contribution in [2.24, 2.45) is 0 Å². The monoisotopic (exact) mass is 505 g/mol. The number of aromatic nitrogens is 1. The lowest BCUT2D eigenvalue weighted by molar-refractivity contribution is -0.123. The molecule has 3 aromatic rings. The van der Waals surface area contributed by atoms with Gasteiger partial charge >= 0.3 is 11.5 Å². The highest BCUT2D eigenvalue weighted by Crippen LogP contribution is 2.39. The molecular weight excluding hydrogens is 487 g/mol. The lowest BCUT2D eigenvalue weighted by Crippen LogP contribution is -2.43. The zero-order chi connectivity index (χ0) is 24.7. The van der Waals surface area contributed by atoms with Crippen LogP contribution in [0.2, 0.25) is 5.02 Å². The summed E-state index contributed by atoms with van der Waals surface area (Å²) in [5.41, 5.74) is -3.04. The highest BCUT2D eigenvalue weighted by atomic mass is 35.5. The first-order valence-electron chi connectivity index (χ1n) is 10.2. The van der Waals surface area contributed by atoms with E-state index in [-0.39, 0.29) is 28.9 Å². The maximum absolute atomic E-state index is 13.3. The molecule has 4 rings (SSSR count). The van der Waals surface area contributed by atoms with Gasteiger partial charge in [-0.3, -0.25) is 9.78 Å². The van der Waals surface area contributed by atoms with Crippen LogP contribution >= 0.6 is 23.4 Å². The minimum absolute atomic E-state index is 0.0297. The average molecular weight is 506 g/mol. The van der Waals surface area contributed by atoms with Crippen LogP contribution in [0.15, 0.2) is 71.8 Å². The molecule has 0 bridgehead atoms. The molecule has 0 N–H and O–H groups in total. The summed E-state index contributed by atoms with van der Waals surface area (Å²) in [5, 5.41) is 0.605. The van der Waals surface area contributed by atoms with E-state index in [1.807, 2.05) is 18.2 Å². The topological polar surface area (TPSA) is 53.5 Å². The van der Waals surface area contributed by atoms with Gasteiger partial charge in [0, 0.05) is 28.2 Å². The van der Waals surface area contributed by atoms with Crippen LogP contribution in [0.4, 0.5) is 23.7 Å². The fraction of sp³-hybridized carbons (Fsp3) is 0.208. The van der Waals surface area contributed by atoms with Crippen molar-refractivity contribution in [2.75, 3.05) is 4.90 Å². The number of pyridine rings is 1. The highest BCUT2D eigenvalue weighted by molar-refractivity contribution is 8.00. The molecule has 2 heterocycles. The summed E-state index contributed by atoms with van der Waals surface area (Å²) in [5.74, 6) is -0.458. The zero-order valence-corrected chi connectivity index (χ0v) is 19.7. The van der Waals surface area contributed by atoms with Crippen LogP contribution in [0.1, 0.15) is 19.4 Å². The van der Waals surface area contributed by atoms with Crippen molar-refractivity contribution in [3.8, 4) is 11.3 Å². The lowest BCUT2D eigenvalue weighted by atomic mass is 10.0. The number of imide groups is 1. The summed E-state index contributed by atoms with van der Waals surface area (Å²) in [6, 6.07) is 15.4. The molecule has 0 aliphatic carbocycles. The number of hydrogen-bond acceptors (Lipinski definition) is 4. The van der Waals surface area contributed by atoms with E-state index in [2.05, 4.69) is 4.98 Å². The van der Waals surface area contributed by atoms with Gasteiger partial charge in [0.05, 0.1) is 11.4 Å². The van der Waals surface area contributed by atoms with E-state index in [0.717, 1.165) is 16.0 Å². The van der Waals surface area contributed by atoms with Crippen molar-refractivity contribution in [1.29, 1.82) is 0 Å². The van der Waals surface area contributed by atoms with Crippen LogP contribution in [0, 0.1) is 0 Å². The summed E-state index contributed by atoms with van der Waals surface area (Å²) >= 11 is 5.70. The normalized spacial score (nSPS) is 15.8. The molecule has 0 atom stereocenters. The predicted octanol–water partition coefficient (Wildman–Crippen LogP) is 6.76. The van der Waals surface area contributed by atoms with Gasteiger partial charge in [0.25, 0.3) is 5.91 Å². The summed E-state index contributed by atoms with van der Waals surface area (Å²) in [7, 11) is 0. The lowest BCUT2D eigenvalue weighted by Gasteiger charge is -2.27. The van der Waals surface area contributed by atoms with Gasteiger partial charge in [0.2, 0.25) is 0 Å². The third-order valence-corrected chi connectivity index (χ3v) is 6.45. The third kappa shape index (κ3) is 4.90. The van der Waals surface area contributed by atoms with Crippen molar-refractivity contribution >= 4 is 41.0 Å². The second-order valence-corrected chi connectivity index (χ2v) is 9.74. The standard InChI is InChI=1S/C24H19ClF3N3O2S/c1-23(2)21(32)31(18-7-9-19(10-8-18)34-24(26,27)28)22(33)30(23)14-15-11-12-29-20(13-15)16-3-5-17(25)6-4-16/h3-13H,14H2,1-2H3. The number of urea groups is 1. The summed E-state index contributed by atoms with van der Waals surface area (Å²) in [6.07, 6.45) is 1.63. The molecule has 1 aliphatic rings. The molecule has 34 heavy (non-hydrogen) atoms. The molecule has 1 aliphatic heterocycles. The molecule has 176 valence electrons. The number of nitrogens with zero attached hydrogens (tertiary/aromatic N) is 3. The van der Waals surface area contributed by atoms with E-state index in [1.54, 1.807) is 38.2 Å². The average Bonchev–Trinajstić information content (AvgIpc) is 2.93. The molecule has 1 fully saturated rings. The molecule has 5 nitrogen and oxygen atoms in total. The van der Waals surface area contributed by atoms with Gasteiger partial charge in [-0.2, -0.15) is 13.2 Å². The van der Waals surface area contributed by atoms with E-state index < -0.39 is 23.0 Å². The Morgan fingerprint density at radius 2 is 1.65 bits per heavy atom. The minimum atomic E-state index is -4.42. The number of carbonyl (C=O) groups is 2. The quantitative estimate of drug-likeness (QED) is 0.284. The Labute approximate surface area is 203 Å². The SMILES string of the molecule is CC1(C)C(=O)N(c2ccc(SC(F)(F)F)cc2)C(=O)N1Cc1ccnc(-c2ccc(Cl)cc2)c1. The number of hydrogen-bond donors (Lipinski definition) is 0. The maximum atomic E-state index is 13.3. The van der Waals surface area contributed by atoms with Gasteiger partial charge in [-0.05, 0) is 79.7 Å². The maximum Gasteiger partial charge on any atom is 0.446 e. The second-order valence-electron chi connectivity index (χ2n) is 8.17.